The van der Waals surface area contributed by atoms with Gasteiger partial charge in [-0.15, -0.1) is 11.3 Å². The quantitative estimate of drug-likeness (QED) is 0.527. The summed E-state index contributed by atoms with van der Waals surface area (Å²) in [6, 6.07) is 12.4. The van der Waals surface area contributed by atoms with E-state index in [-0.39, 0.29) is 5.91 Å². The Bertz CT molecular complexity index is 908. The van der Waals surface area contributed by atoms with Crippen molar-refractivity contribution in [3.05, 3.63) is 51.8 Å². The number of carbonyl (C=O) groups excluding carboxylic acids is 2. The lowest BCUT2D eigenvalue weighted by Crippen LogP contribution is -2.39. The highest BCUT2D eigenvalue weighted by Gasteiger charge is 2.26. The lowest BCUT2D eigenvalue weighted by molar-refractivity contribution is -0.131. The van der Waals surface area contributed by atoms with Gasteiger partial charge >= 0.3 is 0 Å². The van der Waals surface area contributed by atoms with Crippen LogP contribution in [0.1, 0.15) is 37.0 Å². The molecule has 0 spiro atoms. The highest BCUT2D eigenvalue weighted by atomic mass is 79.9. The molecule has 2 aliphatic rings. The first-order chi connectivity index (χ1) is 14.6. The molecule has 2 amide bonds. The van der Waals surface area contributed by atoms with Crippen LogP contribution in [0.15, 0.2) is 46.9 Å². The second-order valence-electron chi connectivity index (χ2n) is 8.10. The summed E-state index contributed by atoms with van der Waals surface area (Å²) in [7, 11) is 0. The minimum absolute atomic E-state index is 0.0675. The van der Waals surface area contributed by atoms with Crippen molar-refractivity contribution >= 4 is 45.2 Å². The van der Waals surface area contributed by atoms with Crippen LogP contribution in [0, 0.1) is 5.92 Å². The zero-order valence-electron chi connectivity index (χ0n) is 17.1. The fraction of sp³-hybridized carbons (Fsp3) is 0.417. The van der Waals surface area contributed by atoms with Crippen molar-refractivity contribution in [2.24, 2.45) is 5.92 Å². The summed E-state index contributed by atoms with van der Waals surface area (Å²) in [6.45, 7) is 3.34. The van der Waals surface area contributed by atoms with Crippen LogP contribution in [0.25, 0.3) is 16.5 Å². The van der Waals surface area contributed by atoms with Gasteiger partial charge in [0.15, 0.2) is 0 Å². The Morgan fingerprint density at radius 2 is 1.67 bits per heavy atom. The summed E-state index contributed by atoms with van der Waals surface area (Å²) >= 11 is 5.15. The summed E-state index contributed by atoms with van der Waals surface area (Å²) in [5.74, 6) is 0.784. The Morgan fingerprint density at radius 1 is 0.967 bits per heavy atom. The molecular formula is C24H27BrN2O2S. The molecule has 6 heteroatoms. The highest BCUT2D eigenvalue weighted by Crippen LogP contribution is 2.30. The molecule has 0 N–H and O–H groups in total. The molecule has 4 rings (SSSR count). The van der Waals surface area contributed by atoms with Crippen molar-refractivity contribution in [3.63, 3.8) is 0 Å². The number of nitrogens with zero attached hydrogens (tertiary/aromatic N) is 2. The number of rotatable bonds is 5. The molecule has 0 radical (unpaired) electrons. The number of piperidine rings is 1. The van der Waals surface area contributed by atoms with Crippen molar-refractivity contribution in [1.82, 2.24) is 9.80 Å². The van der Waals surface area contributed by atoms with Gasteiger partial charge in [-0.1, -0.05) is 28.1 Å². The van der Waals surface area contributed by atoms with E-state index in [0.29, 0.717) is 18.2 Å². The zero-order chi connectivity index (χ0) is 20.9. The largest absolute Gasteiger partial charge is 0.343 e. The molecule has 4 nitrogen and oxygen atoms in total. The van der Waals surface area contributed by atoms with Crippen molar-refractivity contribution in [3.8, 4) is 10.4 Å². The molecule has 0 unspecified atom stereocenters. The average Bonchev–Trinajstić information content (AvgIpc) is 3.45. The molecule has 0 atom stereocenters. The van der Waals surface area contributed by atoms with Gasteiger partial charge in [0.2, 0.25) is 11.8 Å². The summed E-state index contributed by atoms with van der Waals surface area (Å²) in [5.41, 5.74) is 1.18. The molecule has 1 aromatic heterocycles. The van der Waals surface area contributed by atoms with E-state index < -0.39 is 0 Å². The second kappa shape index (κ2) is 9.92. The van der Waals surface area contributed by atoms with E-state index >= 15 is 0 Å². The molecular weight excluding hydrogens is 460 g/mol. The first-order valence-corrected chi connectivity index (χ1v) is 12.3. The standard InChI is InChI=1S/C24H27BrN2O2S/c25-20-5-3-19(4-6-20)22-9-7-21(30-22)8-10-23(28)27-15-11-18(12-16-27)17-24(29)26-13-1-2-14-26/h3-10,18H,1-2,11-17H2/b10-8+. The van der Waals surface area contributed by atoms with Gasteiger partial charge in [0, 0.05) is 52.9 Å². The summed E-state index contributed by atoms with van der Waals surface area (Å²) < 4.78 is 1.07. The first kappa shape index (κ1) is 21.3. The predicted octanol–water partition coefficient (Wildman–Crippen LogP) is 5.44. The lowest BCUT2D eigenvalue weighted by Gasteiger charge is -2.31. The van der Waals surface area contributed by atoms with Crippen LogP contribution in [-0.2, 0) is 9.59 Å². The molecule has 3 heterocycles. The van der Waals surface area contributed by atoms with Crippen LogP contribution in [-0.4, -0.2) is 47.8 Å². The van der Waals surface area contributed by atoms with Gasteiger partial charge in [0.05, 0.1) is 0 Å². The molecule has 2 fully saturated rings. The monoisotopic (exact) mass is 486 g/mol. The SMILES string of the molecule is O=C(/C=C/c1ccc(-c2ccc(Br)cc2)s1)N1CCC(CC(=O)N2CCCC2)CC1. The smallest absolute Gasteiger partial charge is 0.246 e. The predicted molar refractivity (Wildman–Crippen MR) is 126 cm³/mol. The zero-order valence-corrected chi connectivity index (χ0v) is 19.5. The van der Waals surface area contributed by atoms with Crippen LogP contribution >= 0.6 is 27.3 Å². The van der Waals surface area contributed by atoms with E-state index in [0.717, 1.165) is 61.2 Å². The van der Waals surface area contributed by atoms with Gasteiger partial charge in [-0.3, -0.25) is 9.59 Å². The average molecular weight is 487 g/mol. The number of benzene rings is 1. The maximum atomic E-state index is 12.6. The van der Waals surface area contributed by atoms with Gasteiger partial charge < -0.3 is 9.80 Å². The van der Waals surface area contributed by atoms with Gasteiger partial charge in [-0.05, 0) is 67.5 Å². The van der Waals surface area contributed by atoms with Crippen LogP contribution < -0.4 is 0 Å². The molecule has 0 aliphatic carbocycles. The molecule has 0 saturated carbocycles. The molecule has 2 aromatic rings. The minimum atomic E-state index is 0.0675. The fourth-order valence-electron chi connectivity index (χ4n) is 4.17. The number of carbonyl (C=O) groups is 2. The van der Waals surface area contributed by atoms with Gasteiger partial charge in [-0.2, -0.15) is 0 Å². The summed E-state index contributed by atoms with van der Waals surface area (Å²) in [6.07, 6.45) is 8.37. The third kappa shape index (κ3) is 5.41. The number of amides is 2. The topological polar surface area (TPSA) is 40.6 Å². The Morgan fingerprint density at radius 3 is 2.37 bits per heavy atom. The van der Waals surface area contributed by atoms with Crippen molar-refractivity contribution in [2.75, 3.05) is 26.2 Å². The van der Waals surface area contributed by atoms with E-state index in [9.17, 15) is 9.59 Å². The van der Waals surface area contributed by atoms with E-state index in [1.807, 2.05) is 28.0 Å². The van der Waals surface area contributed by atoms with E-state index in [2.05, 4.69) is 40.2 Å². The van der Waals surface area contributed by atoms with E-state index in [1.54, 1.807) is 17.4 Å². The minimum Gasteiger partial charge on any atom is -0.343 e. The number of likely N-dealkylation sites (tertiary alicyclic amines) is 2. The fourth-order valence-corrected chi connectivity index (χ4v) is 5.35. The Balaban J connectivity index is 1.26. The van der Waals surface area contributed by atoms with Crippen molar-refractivity contribution < 1.29 is 9.59 Å². The lowest BCUT2D eigenvalue weighted by atomic mass is 9.93. The maximum absolute atomic E-state index is 12.6. The third-order valence-electron chi connectivity index (χ3n) is 5.99. The number of halogens is 1. The van der Waals surface area contributed by atoms with E-state index in [1.165, 1.54) is 10.4 Å². The Hall–Kier alpha value is -1.92. The highest BCUT2D eigenvalue weighted by molar-refractivity contribution is 9.10. The Labute approximate surface area is 190 Å². The molecule has 30 heavy (non-hydrogen) atoms. The molecule has 2 aliphatic heterocycles. The second-order valence-corrected chi connectivity index (χ2v) is 10.1. The number of thiophene rings is 1. The Kier molecular flexibility index (Phi) is 7.05. The normalized spacial score (nSPS) is 17.8. The van der Waals surface area contributed by atoms with Crippen LogP contribution in [0.3, 0.4) is 0 Å². The molecule has 2 saturated heterocycles. The van der Waals surface area contributed by atoms with Crippen molar-refractivity contribution in [2.45, 2.75) is 32.1 Å². The van der Waals surface area contributed by atoms with Gasteiger partial charge in [0.25, 0.3) is 0 Å². The van der Waals surface area contributed by atoms with Gasteiger partial charge in [-0.25, -0.2) is 0 Å². The molecule has 158 valence electrons. The summed E-state index contributed by atoms with van der Waals surface area (Å²) in [4.78, 5) is 31.1. The van der Waals surface area contributed by atoms with Crippen LogP contribution in [0.2, 0.25) is 0 Å². The van der Waals surface area contributed by atoms with Crippen LogP contribution in [0.4, 0.5) is 0 Å². The third-order valence-corrected chi connectivity index (χ3v) is 7.62. The van der Waals surface area contributed by atoms with Crippen LogP contribution in [0.5, 0.6) is 0 Å². The number of hydrogen-bond donors (Lipinski definition) is 0. The molecule has 1 aromatic carbocycles. The van der Waals surface area contributed by atoms with Gasteiger partial charge in [0.1, 0.15) is 0 Å². The maximum Gasteiger partial charge on any atom is 0.246 e. The number of hydrogen-bond acceptors (Lipinski definition) is 3. The van der Waals surface area contributed by atoms with Crippen molar-refractivity contribution in [1.29, 1.82) is 0 Å². The summed E-state index contributed by atoms with van der Waals surface area (Å²) in [5, 5.41) is 0. The van der Waals surface area contributed by atoms with E-state index in [4.69, 9.17) is 0 Å². The molecule has 0 bridgehead atoms. The first-order valence-electron chi connectivity index (χ1n) is 10.7.